The van der Waals surface area contributed by atoms with Crippen molar-refractivity contribution in [3.63, 3.8) is 0 Å². The summed E-state index contributed by atoms with van der Waals surface area (Å²) >= 11 is 0. The third-order valence-electron chi connectivity index (χ3n) is 3.40. The molecule has 0 spiro atoms. The van der Waals surface area contributed by atoms with Gasteiger partial charge in [-0.15, -0.1) is 0 Å². The Kier molecular flexibility index (Phi) is 2.01. The number of hydrogen-bond acceptors (Lipinski definition) is 2. The number of aromatic amines is 1. The van der Waals surface area contributed by atoms with E-state index >= 15 is 0 Å². The van der Waals surface area contributed by atoms with E-state index in [0.717, 1.165) is 45.2 Å². The van der Waals surface area contributed by atoms with E-state index in [4.69, 9.17) is 0 Å². The van der Waals surface area contributed by atoms with Crippen LogP contribution in [0.1, 0.15) is 41.0 Å². The molecule has 1 fully saturated rings. The fourth-order valence-corrected chi connectivity index (χ4v) is 2.57. The molecule has 80 valence electrons. The normalized spacial score (nSPS) is 19.6. The van der Waals surface area contributed by atoms with Gasteiger partial charge in [0.2, 0.25) is 0 Å². The molecule has 1 aromatic heterocycles. The van der Waals surface area contributed by atoms with Gasteiger partial charge in [0.1, 0.15) is 0 Å². The van der Waals surface area contributed by atoms with Crippen LogP contribution in [-0.2, 0) is 12.8 Å². The van der Waals surface area contributed by atoms with Crippen molar-refractivity contribution in [1.82, 2.24) is 15.1 Å². The minimum absolute atomic E-state index is 0.131. The largest absolute Gasteiger partial charge is 0.337 e. The quantitative estimate of drug-likeness (QED) is 0.747. The third-order valence-corrected chi connectivity index (χ3v) is 3.40. The van der Waals surface area contributed by atoms with Crippen molar-refractivity contribution in [3.8, 4) is 0 Å². The third kappa shape index (κ3) is 1.35. The number of nitrogens with one attached hydrogen (secondary N) is 1. The van der Waals surface area contributed by atoms with Crippen molar-refractivity contribution in [2.75, 3.05) is 13.1 Å². The van der Waals surface area contributed by atoms with E-state index in [9.17, 15) is 4.79 Å². The number of fused-ring (bicyclic) bond motifs is 1. The van der Waals surface area contributed by atoms with Crippen molar-refractivity contribution in [3.05, 3.63) is 17.0 Å². The Balaban J connectivity index is 1.88. The summed E-state index contributed by atoms with van der Waals surface area (Å²) in [6.45, 7) is 1.81. The molecule has 1 N–H and O–H groups in total. The van der Waals surface area contributed by atoms with Gasteiger partial charge >= 0.3 is 0 Å². The molecule has 3 rings (SSSR count). The van der Waals surface area contributed by atoms with E-state index in [1.54, 1.807) is 0 Å². The zero-order chi connectivity index (χ0) is 10.3. The topological polar surface area (TPSA) is 49.0 Å². The molecule has 1 saturated heterocycles. The number of likely N-dealkylation sites (tertiary alicyclic amines) is 1. The predicted molar refractivity (Wildman–Crippen MR) is 55.8 cm³/mol. The van der Waals surface area contributed by atoms with Gasteiger partial charge in [0.15, 0.2) is 5.69 Å². The van der Waals surface area contributed by atoms with Crippen LogP contribution in [0.5, 0.6) is 0 Å². The molecule has 2 aliphatic rings. The lowest BCUT2D eigenvalue weighted by atomic mass is 10.2. The number of carbonyl (C=O) groups excluding carboxylic acids is 1. The van der Waals surface area contributed by atoms with Gasteiger partial charge in [0.05, 0.1) is 0 Å². The van der Waals surface area contributed by atoms with Crippen LogP contribution in [-0.4, -0.2) is 34.1 Å². The highest BCUT2D eigenvalue weighted by Crippen LogP contribution is 2.24. The molecule has 1 aliphatic carbocycles. The summed E-state index contributed by atoms with van der Waals surface area (Å²) in [6.07, 6.45) is 5.50. The number of aromatic nitrogens is 2. The Labute approximate surface area is 88.7 Å². The van der Waals surface area contributed by atoms with Crippen LogP contribution in [0.2, 0.25) is 0 Å². The Morgan fingerprint density at radius 3 is 2.80 bits per heavy atom. The molecule has 1 aliphatic heterocycles. The number of rotatable bonds is 1. The maximum absolute atomic E-state index is 12.1. The highest BCUT2D eigenvalue weighted by molar-refractivity contribution is 5.94. The van der Waals surface area contributed by atoms with Gasteiger partial charge in [-0.2, -0.15) is 5.10 Å². The zero-order valence-electron chi connectivity index (χ0n) is 8.75. The monoisotopic (exact) mass is 205 g/mol. The van der Waals surface area contributed by atoms with Crippen LogP contribution >= 0.6 is 0 Å². The molecule has 4 nitrogen and oxygen atoms in total. The molecule has 1 aromatic rings. The van der Waals surface area contributed by atoms with E-state index < -0.39 is 0 Å². The lowest BCUT2D eigenvalue weighted by molar-refractivity contribution is 0.0786. The minimum atomic E-state index is 0.131. The summed E-state index contributed by atoms with van der Waals surface area (Å²) in [5, 5.41) is 7.16. The first-order valence-electron chi connectivity index (χ1n) is 5.71. The smallest absolute Gasteiger partial charge is 0.274 e. The Morgan fingerprint density at radius 2 is 2.00 bits per heavy atom. The van der Waals surface area contributed by atoms with Crippen LogP contribution in [0.25, 0.3) is 0 Å². The molecule has 0 bridgehead atoms. The predicted octanol–water partition coefficient (Wildman–Crippen LogP) is 1.13. The Morgan fingerprint density at radius 1 is 1.20 bits per heavy atom. The van der Waals surface area contributed by atoms with Crippen molar-refractivity contribution >= 4 is 5.91 Å². The Bertz CT molecular complexity index is 391. The second-order valence-corrected chi connectivity index (χ2v) is 4.38. The van der Waals surface area contributed by atoms with Crippen LogP contribution in [0.15, 0.2) is 0 Å². The van der Waals surface area contributed by atoms with Gasteiger partial charge in [-0.05, 0) is 32.1 Å². The molecule has 1 amide bonds. The Hall–Kier alpha value is -1.32. The van der Waals surface area contributed by atoms with Crippen LogP contribution in [0.4, 0.5) is 0 Å². The maximum atomic E-state index is 12.1. The second-order valence-electron chi connectivity index (χ2n) is 4.38. The minimum Gasteiger partial charge on any atom is -0.337 e. The number of hydrogen-bond donors (Lipinski definition) is 1. The molecular weight excluding hydrogens is 190 g/mol. The van der Waals surface area contributed by atoms with Crippen LogP contribution in [0.3, 0.4) is 0 Å². The van der Waals surface area contributed by atoms with Gasteiger partial charge < -0.3 is 4.90 Å². The van der Waals surface area contributed by atoms with Crippen molar-refractivity contribution in [2.24, 2.45) is 0 Å². The fourth-order valence-electron chi connectivity index (χ4n) is 2.57. The average molecular weight is 205 g/mol. The summed E-state index contributed by atoms with van der Waals surface area (Å²) in [6, 6.07) is 0. The lowest BCUT2D eigenvalue weighted by Crippen LogP contribution is -2.28. The fraction of sp³-hybridized carbons (Fsp3) is 0.636. The lowest BCUT2D eigenvalue weighted by Gasteiger charge is -2.13. The highest BCUT2D eigenvalue weighted by Gasteiger charge is 2.27. The maximum Gasteiger partial charge on any atom is 0.274 e. The molecule has 15 heavy (non-hydrogen) atoms. The first-order valence-corrected chi connectivity index (χ1v) is 5.71. The second kappa shape index (κ2) is 3.36. The van der Waals surface area contributed by atoms with Crippen LogP contribution in [0, 0.1) is 0 Å². The summed E-state index contributed by atoms with van der Waals surface area (Å²) < 4.78 is 0. The first-order chi connectivity index (χ1) is 7.36. The number of H-pyrrole nitrogens is 1. The van der Waals surface area contributed by atoms with Gasteiger partial charge in [0.25, 0.3) is 5.91 Å². The molecule has 0 aromatic carbocycles. The number of amides is 1. The number of aryl methyl sites for hydroxylation is 1. The molecule has 0 saturated carbocycles. The average Bonchev–Trinajstić information content (AvgIpc) is 2.94. The van der Waals surface area contributed by atoms with E-state index in [1.807, 2.05) is 4.90 Å². The van der Waals surface area contributed by atoms with E-state index in [-0.39, 0.29) is 5.91 Å². The summed E-state index contributed by atoms with van der Waals surface area (Å²) in [5.41, 5.74) is 3.04. The molecule has 0 radical (unpaired) electrons. The molecule has 2 heterocycles. The summed E-state index contributed by atoms with van der Waals surface area (Å²) in [7, 11) is 0. The van der Waals surface area contributed by atoms with E-state index in [0.29, 0.717) is 5.69 Å². The van der Waals surface area contributed by atoms with Crippen molar-refractivity contribution in [1.29, 1.82) is 0 Å². The van der Waals surface area contributed by atoms with E-state index in [1.165, 1.54) is 11.3 Å². The number of carbonyl (C=O) groups is 1. The van der Waals surface area contributed by atoms with Crippen molar-refractivity contribution in [2.45, 2.75) is 32.1 Å². The zero-order valence-corrected chi connectivity index (χ0v) is 8.75. The van der Waals surface area contributed by atoms with Gasteiger partial charge in [-0.25, -0.2) is 0 Å². The first kappa shape index (κ1) is 8.95. The van der Waals surface area contributed by atoms with Gasteiger partial charge in [-0.3, -0.25) is 9.89 Å². The number of nitrogens with zero attached hydrogens (tertiary/aromatic N) is 2. The van der Waals surface area contributed by atoms with Crippen LogP contribution < -0.4 is 0 Å². The highest BCUT2D eigenvalue weighted by atomic mass is 16.2. The standard InChI is InChI=1S/C11H15N3O/c15-11(14-6-1-2-7-14)10-8-4-3-5-9(8)12-13-10/h1-7H2,(H,12,13). The molecule has 0 atom stereocenters. The molecule has 4 heteroatoms. The van der Waals surface area contributed by atoms with Gasteiger partial charge in [-0.1, -0.05) is 0 Å². The summed E-state index contributed by atoms with van der Waals surface area (Å²) in [5.74, 6) is 0.131. The SMILES string of the molecule is O=C(c1n[nH]c2c1CCC2)N1CCCC1. The molecule has 0 unspecified atom stereocenters. The summed E-state index contributed by atoms with van der Waals surface area (Å²) in [4.78, 5) is 14.0. The van der Waals surface area contributed by atoms with Crippen molar-refractivity contribution < 1.29 is 4.79 Å². The van der Waals surface area contributed by atoms with Gasteiger partial charge in [0, 0.05) is 24.3 Å². The molecular formula is C11H15N3O. The van der Waals surface area contributed by atoms with E-state index in [2.05, 4.69) is 10.2 Å².